The molecule has 0 saturated carbocycles. The third kappa shape index (κ3) is 6.09. The number of amides is 2. The first-order chi connectivity index (χ1) is 25.5. The van der Waals surface area contributed by atoms with E-state index in [-0.39, 0.29) is 58.0 Å². The second-order valence-electron chi connectivity index (χ2n) is 16.0. The second kappa shape index (κ2) is 13.1. The van der Waals surface area contributed by atoms with Crippen LogP contribution < -0.4 is 0 Å². The van der Waals surface area contributed by atoms with Crippen LogP contribution in [0.25, 0.3) is 11.1 Å². The second-order valence-corrected chi connectivity index (χ2v) is 16.0. The standard InChI is InChI=1S/C44H44N2O8/c1-41(2)33(27-9-13-29(14-10-27)39(49)50)17-21-42(3)25-45(23-19-35(41)42)37(47)31-7-5-6-8-32(31)38(48)46-24-20-36-43(4,26-46)22-18-34(44(36,53)54)28-11-15-30(16-12-28)40(51)52/h5-20,53-54H,21-26H2,1-4H3,(H,49,50)(H,51,52)/t42-,43-/m1/s1. The third-order valence-corrected chi connectivity index (χ3v) is 11.9. The summed E-state index contributed by atoms with van der Waals surface area (Å²) in [4.78, 5) is 54.8. The molecule has 4 N–H and O–H groups in total. The van der Waals surface area contributed by atoms with Crippen LogP contribution in [-0.4, -0.2) is 85.9 Å². The van der Waals surface area contributed by atoms with Crippen molar-refractivity contribution in [3.63, 3.8) is 0 Å². The Morgan fingerprint density at radius 2 is 0.963 bits per heavy atom. The van der Waals surface area contributed by atoms with Gasteiger partial charge in [-0.05, 0) is 71.5 Å². The molecule has 0 bridgehead atoms. The summed E-state index contributed by atoms with van der Waals surface area (Å²) in [5.41, 5.74) is 3.83. The van der Waals surface area contributed by atoms with E-state index in [1.165, 1.54) is 17.7 Å². The van der Waals surface area contributed by atoms with Crippen molar-refractivity contribution in [3.8, 4) is 0 Å². The highest BCUT2D eigenvalue weighted by atomic mass is 16.5. The average Bonchev–Trinajstić information content (AvgIpc) is 3.13. The summed E-state index contributed by atoms with van der Waals surface area (Å²) in [7, 11) is 0. The van der Waals surface area contributed by atoms with E-state index in [0.29, 0.717) is 42.6 Å². The van der Waals surface area contributed by atoms with Crippen molar-refractivity contribution >= 4 is 34.9 Å². The van der Waals surface area contributed by atoms with Crippen LogP contribution in [0.5, 0.6) is 0 Å². The molecule has 3 aromatic carbocycles. The maximum absolute atomic E-state index is 14.3. The molecule has 278 valence electrons. The van der Waals surface area contributed by atoms with Gasteiger partial charge in [-0.25, -0.2) is 9.59 Å². The predicted molar refractivity (Wildman–Crippen MR) is 204 cm³/mol. The number of carbonyl (C=O) groups is 4. The molecule has 0 fully saturated rings. The van der Waals surface area contributed by atoms with Crippen LogP contribution in [0, 0.1) is 16.2 Å². The Hall–Kier alpha value is -5.58. The van der Waals surface area contributed by atoms with Crippen LogP contribution in [0.4, 0.5) is 0 Å². The molecule has 54 heavy (non-hydrogen) atoms. The highest BCUT2D eigenvalue weighted by Crippen LogP contribution is 2.55. The summed E-state index contributed by atoms with van der Waals surface area (Å²) in [5.74, 6) is -4.93. The van der Waals surface area contributed by atoms with Crippen molar-refractivity contribution in [1.29, 1.82) is 0 Å². The molecule has 2 heterocycles. The number of carboxylic acid groups (broad SMARTS) is 2. The molecule has 4 aliphatic rings. The van der Waals surface area contributed by atoms with E-state index in [9.17, 15) is 39.6 Å². The molecule has 10 nitrogen and oxygen atoms in total. The van der Waals surface area contributed by atoms with Gasteiger partial charge in [0.2, 0.25) is 5.79 Å². The molecule has 7 rings (SSSR count). The van der Waals surface area contributed by atoms with Gasteiger partial charge in [0, 0.05) is 48.0 Å². The number of aromatic carboxylic acids is 2. The van der Waals surface area contributed by atoms with Crippen LogP contribution in [-0.2, 0) is 0 Å². The Bertz CT molecular complexity index is 2050. The van der Waals surface area contributed by atoms with Crippen LogP contribution >= 0.6 is 0 Å². The van der Waals surface area contributed by atoms with E-state index in [1.54, 1.807) is 70.5 Å². The fraction of sp³-hybridized carbons (Fsp3) is 0.318. The van der Waals surface area contributed by atoms with Gasteiger partial charge in [-0.2, -0.15) is 0 Å². The molecule has 3 aromatic rings. The molecule has 0 radical (unpaired) electrons. The molecule has 2 amide bonds. The molecule has 2 aliphatic carbocycles. The molecule has 2 aliphatic heterocycles. The van der Waals surface area contributed by atoms with Crippen molar-refractivity contribution in [3.05, 3.63) is 142 Å². The molecule has 2 atom stereocenters. The summed E-state index contributed by atoms with van der Waals surface area (Å²) in [6.07, 6.45) is 8.83. The van der Waals surface area contributed by atoms with Crippen molar-refractivity contribution in [2.24, 2.45) is 16.2 Å². The molecular formula is C44H44N2O8. The minimum atomic E-state index is -2.33. The number of allylic oxidation sites excluding steroid dienone is 3. The number of benzene rings is 3. The topological polar surface area (TPSA) is 156 Å². The van der Waals surface area contributed by atoms with E-state index >= 15 is 0 Å². The lowest BCUT2D eigenvalue weighted by Crippen LogP contribution is -2.52. The SMILES string of the molecule is CC1(C)C(c2ccc(C(=O)O)cc2)=CC[C@]2(C)CN(C(=O)c3ccccc3C(=O)N3CC=C4C(O)(O)C(c5ccc(C(=O)O)cc5)=CC[C@]4(C)C3)CC=C12. The van der Waals surface area contributed by atoms with E-state index in [1.807, 2.05) is 19.1 Å². The number of hydrogen-bond donors (Lipinski definition) is 4. The largest absolute Gasteiger partial charge is 0.478 e. The average molecular weight is 729 g/mol. The van der Waals surface area contributed by atoms with Crippen molar-refractivity contribution < 1.29 is 39.6 Å². The van der Waals surface area contributed by atoms with Crippen LogP contribution in [0.15, 0.2) is 108 Å². The van der Waals surface area contributed by atoms with Crippen LogP contribution in [0.2, 0.25) is 0 Å². The zero-order valence-electron chi connectivity index (χ0n) is 30.8. The number of carbonyl (C=O) groups excluding carboxylic acids is 2. The Morgan fingerprint density at radius 1 is 0.556 bits per heavy atom. The number of nitrogens with zero attached hydrogens (tertiary/aromatic N) is 2. The summed E-state index contributed by atoms with van der Waals surface area (Å²) in [6, 6.07) is 19.7. The first kappa shape index (κ1) is 36.8. The third-order valence-electron chi connectivity index (χ3n) is 11.9. The van der Waals surface area contributed by atoms with Crippen LogP contribution in [0.3, 0.4) is 0 Å². The lowest BCUT2D eigenvalue weighted by Gasteiger charge is -2.50. The molecule has 0 unspecified atom stereocenters. The Kier molecular flexibility index (Phi) is 8.90. The number of hydrogen-bond acceptors (Lipinski definition) is 6. The van der Waals surface area contributed by atoms with Gasteiger partial charge in [0.05, 0.1) is 22.3 Å². The van der Waals surface area contributed by atoms with Gasteiger partial charge >= 0.3 is 11.9 Å². The van der Waals surface area contributed by atoms with Gasteiger partial charge in [-0.15, -0.1) is 0 Å². The zero-order valence-corrected chi connectivity index (χ0v) is 30.8. The number of carboxylic acids is 2. The van der Waals surface area contributed by atoms with E-state index in [4.69, 9.17) is 0 Å². The number of aliphatic hydroxyl groups is 2. The summed E-state index contributed by atoms with van der Waals surface area (Å²) in [5, 5.41) is 41.6. The number of fused-ring (bicyclic) bond motifs is 2. The zero-order chi connectivity index (χ0) is 38.8. The monoisotopic (exact) mass is 728 g/mol. The van der Waals surface area contributed by atoms with Crippen molar-refractivity contribution in [2.45, 2.75) is 46.3 Å². The maximum atomic E-state index is 14.3. The van der Waals surface area contributed by atoms with Crippen LogP contribution in [0.1, 0.15) is 93.1 Å². The van der Waals surface area contributed by atoms with Gasteiger partial charge < -0.3 is 30.2 Å². The Morgan fingerprint density at radius 3 is 1.43 bits per heavy atom. The molecule has 0 saturated heterocycles. The normalized spacial score (nSPS) is 24.2. The maximum Gasteiger partial charge on any atom is 0.335 e. The van der Waals surface area contributed by atoms with E-state index < -0.39 is 23.1 Å². The van der Waals surface area contributed by atoms with Crippen molar-refractivity contribution in [2.75, 3.05) is 26.2 Å². The first-order valence-electron chi connectivity index (χ1n) is 18.1. The first-order valence-corrected chi connectivity index (χ1v) is 18.1. The minimum absolute atomic E-state index is 0.0923. The quantitative estimate of drug-likeness (QED) is 0.165. The Labute approximate surface area is 314 Å². The van der Waals surface area contributed by atoms with Gasteiger partial charge in [0.1, 0.15) is 0 Å². The molecule has 0 spiro atoms. The van der Waals surface area contributed by atoms with Crippen molar-refractivity contribution in [1.82, 2.24) is 9.80 Å². The van der Waals surface area contributed by atoms with Gasteiger partial charge in [-0.1, -0.05) is 94.0 Å². The summed E-state index contributed by atoms with van der Waals surface area (Å²) >= 11 is 0. The lowest BCUT2D eigenvalue weighted by atomic mass is 9.58. The minimum Gasteiger partial charge on any atom is -0.478 e. The fourth-order valence-corrected chi connectivity index (χ4v) is 9.19. The predicted octanol–water partition coefficient (Wildman–Crippen LogP) is 6.54. The fourth-order valence-electron chi connectivity index (χ4n) is 9.19. The van der Waals surface area contributed by atoms with E-state index in [0.717, 1.165) is 11.1 Å². The van der Waals surface area contributed by atoms with Gasteiger partial charge in [0.25, 0.3) is 11.8 Å². The lowest BCUT2D eigenvalue weighted by molar-refractivity contribution is -0.0957. The van der Waals surface area contributed by atoms with E-state index in [2.05, 4.69) is 32.9 Å². The highest BCUT2D eigenvalue weighted by Gasteiger charge is 2.50. The van der Waals surface area contributed by atoms with Gasteiger partial charge in [0.15, 0.2) is 0 Å². The molecular weight excluding hydrogens is 684 g/mol. The smallest absolute Gasteiger partial charge is 0.335 e. The number of rotatable bonds is 6. The summed E-state index contributed by atoms with van der Waals surface area (Å²) in [6.45, 7) is 9.51. The van der Waals surface area contributed by atoms with Gasteiger partial charge in [-0.3, -0.25) is 9.59 Å². The molecule has 10 heteroatoms. The Balaban J connectivity index is 1.10. The highest BCUT2D eigenvalue weighted by molar-refractivity contribution is 6.07. The summed E-state index contributed by atoms with van der Waals surface area (Å²) < 4.78 is 0. The molecule has 0 aromatic heterocycles.